The first-order valence-corrected chi connectivity index (χ1v) is 8.08. The van der Waals surface area contributed by atoms with Crippen molar-refractivity contribution in [2.45, 2.75) is 6.92 Å². The van der Waals surface area contributed by atoms with Crippen molar-refractivity contribution in [3.63, 3.8) is 0 Å². The van der Waals surface area contributed by atoms with Crippen molar-refractivity contribution < 1.29 is 23.5 Å². The zero-order valence-corrected chi connectivity index (χ0v) is 14.7. The molecule has 0 atom stereocenters. The number of amides is 2. The van der Waals surface area contributed by atoms with Gasteiger partial charge >= 0.3 is 0 Å². The molecule has 2 amide bonds. The van der Waals surface area contributed by atoms with E-state index in [2.05, 4.69) is 5.32 Å². The van der Waals surface area contributed by atoms with Crippen LogP contribution in [0.15, 0.2) is 48.5 Å². The summed E-state index contributed by atoms with van der Waals surface area (Å²) in [6.07, 6.45) is 0. The van der Waals surface area contributed by atoms with Crippen molar-refractivity contribution in [1.29, 1.82) is 0 Å². The number of anilines is 1. The third kappa shape index (κ3) is 5.20. The van der Waals surface area contributed by atoms with Crippen LogP contribution >= 0.6 is 0 Å². The number of carbonyl (C=O) groups excluding carboxylic acids is 2. The number of nitrogens with one attached hydrogen (secondary N) is 1. The molecule has 2 aromatic carbocycles. The first-order chi connectivity index (χ1) is 12.5. The molecule has 6 nitrogen and oxygen atoms in total. The van der Waals surface area contributed by atoms with Crippen LogP contribution in [-0.4, -0.2) is 38.6 Å². The highest BCUT2D eigenvalue weighted by Crippen LogP contribution is 2.25. The van der Waals surface area contributed by atoms with Crippen molar-refractivity contribution in [2.24, 2.45) is 0 Å². The molecule has 7 heteroatoms. The lowest BCUT2D eigenvalue weighted by Gasteiger charge is -2.21. The molecule has 0 fully saturated rings. The molecule has 0 radical (unpaired) electrons. The van der Waals surface area contributed by atoms with E-state index in [1.807, 2.05) is 0 Å². The van der Waals surface area contributed by atoms with Crippen LogP contribution in [0, 0.1) is 5.82 Å². The molecule has 0 aliphatic rings. The van der Waals surface area contributed by atoms with Gasteiger partial charge in [0.1, 0.15) is 5.82 Å². The van der Waals surface area contributed by atoms with Crippen LogP contribution in [-0.2, 0) is 9.59 Å². The van der Waals surface area contributed by atoms with E-state index >= 15 is 0 Å². The third-order valence-electron chi connectivity index (χ3n) is 3.61. The third-order valence-corrected chi connectivity index (χ3v) is 3.61. The standard InChI is InChI=1S/C19H21FN2O4/c1-14(23)22(16-8-4-3-7-15(16)20)12-11-21-19(24)13-26-18-10-6-5-9-17(18)25-2/h3-10H,11-13H2,1-2H3,(H,21,24). The van der Waals surface area contributed by atoms with Gasteiger partial charge in [0.2, 0.25) is 5.91 Å². The topological polar surface area (TPSA) is 67.9 Å². The lowest BCUT2D eigenvalue weighted by Crippen LogP contribution is -2.39. The van der Waals surface area contributed by atoms with E-state index in [9.17, 15) is 14.0 Å². The van der Waals surface area contributed by atoms with Crippen molar-refractivity contribution in [2.75, 3.05) is 31.7 Å². The summed E-state index contributed by atoms with van der Waals surface area (Å²) < 4.78 is 24.4. The second kappa shape index (κ2) is 9.41. The highest BCUT2D eigenvalue weighted by molar-refractivity contribution is 5.91. The van der Waals surface area contributed by atoms with Crippen LogP contribution in [0.1, 0.15) is 6.92 Å². The van der Waals surface area contributed by atoms with Crippen molar-refractivity contribution in [1.82, 2.24) is 5.32 Å². The number of nitrogens with zero attached hydrogens (tertiary/aromatic N) is 1. The van der Waals surface area contributed by atoms with Crippen LogP contribution in [0.3, 0.4) is 0 Å². The maximum absolute atomic E-state index is 13.9. The zero-order valence-electron chi connectivity index (χ0n) is 14.7. The van der Waals surface area contributed by atoms with E-state index in [0.717, 1.165) is 0 Å². The fourth-order valence-electron chi connectivity index (χ4n) is 2.36. The second-order valence-corrected chi connectivity index (χ2v) is 5.41. The Morgan fingerprint density at radius 1 is 1.08 bits per heavy atom. The van der Waals surface area contributed by atoms with E-state index in [1.165, 1.54) is 31.1 Å². The predicted octanol–water partition coefficient (Wildman–Crippen LogP) is 2.38. The van der Waals surface area contributed by atoms with E-state index < -0.39 is 5.82 Å². The largest absolute Gasteiger partial charge is 0.493 e. The monoisotopic (exact) mass is 360 g/mol. The average molecular weight is 360 g/mol. The number of hydrogen-bond acceptors (Lipinski definition) is 4. The van der Waals surface area contributed by atoms with Gasteiger partial charge in [-0.05, 0) is 24.3 Å². The molecule has 0 heterocycles. The minimum Gasteiger partial charge on any atom is -0.493 e. The van der Waals surface area contributed by atoms with Gasteiger partial charge in [-0.25, -0.2) is 4.39 Å². The molecule has 1 N–H and O–H groups in total. The molecular weight excluding hydrogens is 339 g/mol. The van der Waals surface area contributed by atoms with Crippen LogP contribution in [0.4, 0.5) is 10.1 Å². The number of benzene rings is 2. The number of carbonyl (C=O) groups is 2. The minimum atomic E-state index is -0.492. The fraction of sp³-hybridized carbons (Fsp3) is 0.263. The van der Waals surface area contributed by atoms with E-state index in [-0.39, 0.29) is 37.2 Å². The van der Waals surface area contributed by atoms with Gasteiger partial charge in [-0.2, -0.15) is 0 Å². The van der Waals surface area contributed by atoms with Gasteiger partial charge in [0.25, 0.3) is 5.91 Å². The Kier molecular flexibility index (Phi) is 6.96. The smallest absolute Gasteiger partial charge is 0.258 e. The molecule has 26 heavy (non-hydrogen) atoms. The number of methoxy groups -OCH3 is 1. The Bertz CT molecular complexity index is 767. The van der Waals surface area contributed by atoms with Crippen LogP contribution in [0.5, 0.6) is 11.5 Å². The summed E-state index contributed by atoms with van der Waals surface area (Å²) in [6, 6.07) is 13.0. The van der Waals surface area contributed by atoms with Gasteiger partial charge in [0, 0.05) is 20.0 Å². The molecule has 0 unspecified atom stereocenters. The Balaban J connectivity index is 1.85. The van der Waals surface area contributed by atoms with E-state index in [4.69, 9.17) is 9.47 Å². The molecule has 0 saturated heterocycles. The normalized spacial score (nSPS) is 10.1. The van der Waals surface area contributed by atoms with E-state index in [1.54, 1.807) is 36.4 Å². The molecule has 0 aliphatic heterocycles. The molecule has 0 aliphatic carbocycles. The van der Waals surface area contributed by atoms with Gasteiger partial charge in [0.05, 0.1) is 12.8 Å². The summed E-state index contributed by atoms with van der Waals surface area (Å²) in [5.41, 5.74) is 0.180. The molecular formula is C19H21FN2O4. The van der Waals surface area contributed by atoms with Gasteiger partial charge in [0.15, 0.2) is 18.1 Å². The Labute approximate surface area is 151 Å². The summed E-state index contributed by atoms with van der Waals surface area (Å²) in [5.74, 6) is -0.166. The minimum absolute atomic E-state index is 0.149. The first kappa shape index (κ1) is 19.2. The van der Waals surface area contributed by atoms with Crippen molar-refractivity contribution >= 4 is 17.5 Å². The molecule has 0 saturated carbocycles. The molecule has 2 aromatic rings. The number of ether oxygens (including phenoxy) is 2. The van der Waals surface area contributed by atoms with Gasteiger partial charge in [-0.1, -0.05) is 24.3 Å². The van der Waals surface area contributed by atoms with Gasteiger partial charge in [-0.3, -0.25) is 9.59 Å². The predicted molar refractivity (Wildman–Crippen MR) is 95.9 cm³/mol. The Morgan fingerprint density at radius 3 is 2.38 bits per heavy atom. The molecule has 0 bridgehead atoms. The summed E-state index contributed by atoms with van der Waals surface area (Å²) in [4.78, 5) is 25.0. The van der Waals surface area contributed by atoms with Crippen LogP contribution in [0.2, 0.25) is 0 Å². The molecule has 138 valence electrons. The maximum Gasteiger partial charge on any atom is 0.258 e. The SMILES string of the molecule is COc1ccccc1OCC(=O)NCCN(C(C)=O)c1ccccc1F. The highest BCUT2D eigenvalue weighted by Gasteiger charge is 2.15. The number of halogens is 1. The summed E-state index contributed by atoms with van der Waals surface area (Å²) in [6.45, 7) is 1.47. The summed E-state index contributed by atoms with van der Waals surface area (Å²) in [7, 11) is 1.52. The van der Waals surface area contributed by atoms with Gasteiger partial charge < -0.3 is 19.7 Å². The molecule has 0 aromatic heterocycles. The summed E-state index contributed by atoms with van der Waals surface area (Å²) >= 11 is 0. The van der Waals surface area contributed by atoms with Crippen LogP contribution in [0.25, 0.3) is 0 Å². The number of rotatable bonds is 8. The molecule has 0 spiro atoms. The number of hydrogen-bond donors (Lipinski definition) is 1. The summed E-state index contributed by atoms with van der Waals surface area (Å²) in [5, 5.41) is 2.64. The highest BCUT2D eigenvalue weighted by atomic mass is 19.1. The first-order valence-electron chi connectivity index (χ1n) is 8.08. The van der Waals surface area contributed by atoms with Crippen LogP contribution < -0.4 is 19.7 Å². The van der Waals surface area contributed by atoms with Crippen molar-refractivity contribution in [3.05, 3.63) is 54.3 Å². The Hall–Kier alpha value is -3.09. The second-order valence-electron chi connectivity index (χ2n) is 5.41. The number of para-hydroxylation sites is 3. The fourth-order valence-corrected chi connectivity index (χ4v) is 2.36. The Morgan fingerprint density at radius 2 is 1.73 bits per heavy atom. The zero-order chi connectivity index (χ0) is 18.9. The quantitative estimate of drug-likeness (QED) is 0.785. The lowest BCUT2D eigenvalue weighted by molar-refractivity contribution is -0.123. The van der Waals surface area contributed by atoms with E-state index in [0.29, 0.717) is 11.5 Å². The maximum atomic E-state index is 13.9. The van der Waals surface area contributed by atoms with Gasteiger partial charge in [-0.15, -0.1) is 0 Å². The lowest BCUT2D eigenvalue weighted by atomic mass is 10.2. The van der Waals surface area contributed by atoms with Crippen molar-refractivity contribution in [3.8, 4) is 11.5 Å². The average Bonchev–Trinajstić information content (AvgIpc) is 2.64. The molecule has 2 rings (SSSR count).